The molecule has 0 radical (unpaired) electrons. The average Bonchev–Trinajstić information content (AvgIpc) is 2.93. The molecule has 5 nitrogen and oxygen atoms in total. The third-order valence-corrected chi connectivity index (χ3v) is 5.71. The Bertz CT molecular complexity index is 656. The molecule has 1 atom stereocenters. The molecule has 2 aliphatic heterocycles. The number of hydrogen-bond donors (Lipinski definition) is 0. The van der Waals surface area contributed by atoms with Crippen LogP contribution >= 0.6 is 11.6 Å². The van der Waals surface area contributed by atoms with Gasteiger partial charge in [0.2, 0.25) is 11.8 Å². The van der Waals surface area contributed by atoms with Gasteiger partial charge in [-0.2, -0.15) is 0 Å². The lowest BCUT2D eigenvalue weighted by molar-refractivity contribution is -0.138. The van der Waals surface area contributed by atoms with Crippen LogP contribution in [0.2, 0.25) is 5.02 Å². The summed E-state index contributed by atoms with van der Waals surface area (Å²) in [7, 11) is 3.57. The lowest BCUT2D eigenvalue weighted by Gasteiger charge is -2.37. The van der Waals surface area contributed by atoms with Crippen LogP contribution < -0.4 is 0 Å². The van der Waals surface area contributed by atoms with Gasteiger partial charge in [-0.3, -0.25) is 9.59 Å². The van der Waals surface area contributed by atoms with E-state index in [1.165, 1.54) is 0 Å². The summed E-state index contributed by atoms with van der Waals surface area (Å²) in [6, 6.07) is 7.39. The number of carbonyl (C=O) groups excluding carboxylic acids is 2. The molecule has 6 heteroatoms. The molecule has 1 aromatic carbocycles. The van der Waals surface area contributed by atoms with Crippen molar-refractivity contribution in [2.75, 3.05) is 40.4 Å². The number of carbonyl (C=O) groups is 2. The van der Waals surface area contributed by atoms with Crippen LogP contribution in [0.5, 0.6) is 0 Å². The molecule has 0 N–H and O–H groups in total. The SMILES string of the molecule is CN(C)C(=O)C1CN(C(=O)Cc2cccc(Cl)c2)CC12CCOCC2. The highest BCUT2D eigenvalue weighted by Gasteiger charge is 2.51. The first-order chi connectivity index (χ1) is 11.9. The Hall–Kier alpha value is -1.59. The largest absolute Gasteiger partial charge is 0.381 e. The Labute approximate surface area is 153 Å². The first-order valence-corrected chi connectivity index (χ1v) is 9.10. The molecule has 0 saturated carbocycles. The van der Waals surface area contributed by atoms with Crippen molar-refractivity contribution in [3.8, 4) is 0 Å². The van der Waals surface area contributed by atoms with E-state index in [4.69, 9.17) is 16.3 Å². The van der Waals surface area contributed by atoms with E-state index >= 15 is 0 Å². The topological polar surface area (TPSA) is 49.9 Å². The standard InChI is InChI=1S/C19H25ClN2O3/c1-21(2)18(24)16-12-22(13-19(16)6-8-25-9-7-19)17(23)11-14-4-3-5-15(20)10-14/h3-5,10,16H,6-9,11-13H2,1-2H3. The maximum atomic E-state index is 12.8. The second-order valence-electron chi connectivity index (χ2n) is 7.34. The Morgan fingerprint density at radius 3 is 2.68 bits per heavy atom. The van der Waals surface area contributed by atoms with E-state index in [1.807, 2.05) is 23.1 Å². The quantitative estimate of drug-likeness (QED) is 0.826. The molecule has 3 rings (SSSR count). The zero-order chi connectivity index (χ0) is 18.0. The minimum Gasteiger partial charge on any atom is -0.381 e. The van der Waals surface area contributed by atoms with E-state index in [0.29, 0.717) is 37.7 Å². The van der Waals surface area contributed by atoms with Gasteiger partial charge in [0.15, 0.2) is 0 Å². The van der Waals surface area contributed by atoms with Gasteiger partial charge in [0, 0.05) is 50.8 Å². The van der Waals surface area contributed by atoms with Crippen molar-refractivity contribution < 1.29 is 14.3 Å². The molecular formula is C19H25ClN2O3. The number of benzene rings is 1. The molecule has 2 aliphatic rings. The van der Waals surface area contributed by atoms with Crippen LogP contribution in [0.4, 0.5) is 0 Å². The van der Waals surface area contributed by atoms with E-state index in [9.17, 15) is 9.59 Å². The third kappa shape index (κ3) is 3.82. The van der Waals surface area contributed by atoms with Gasteiger partial charge in [-0.25, -0.2) is 0 Å². The van der Waals surface area contributed by atoms with Gasteiger partial charge in [-0.1, -0.05) is 23.7 Å². The second kappa shape index (κ2) is 7.34. The van der Waals surface area contributed by atoms with Crippen LogP contribution in [0.15, 0.2) is 24.3 Å². The molecule has 2 fully saturated rings. The minimum atomic E-state index is -0.149. The summed E-state index contributed by atoms with van der Waals surface area (Å²) in [5.41, 5.74) is 0.754. The monoisotopic (exact) mass is 364 g/mol. The highest BCUT2D eigenvalue weighted by Crippen LogP contribution is 2.45. The predicted octanol–water partition coefficient (Wildman–Crippen LogP) is 2.23. The fraction of sp³-hybridized carbons (Fsp3) is 0.579. The fourth-order valence-corrected chi connectivity index (χ4v) is 4.24. The Kier molecular flexibility index (Phi) is 5.35. The van der Waals surface area contributed by atoms with Gasteiger partial charge in [0.05, 0.1) is 12.3 Å². The number of amides is 2. The van der Waals surface area contributed by atoms with E-state index in [1.54, 1.807) is 25.1 Å². The molecule has 1 spiro atoms. The molecule has 136 valence electrons. The Balaban J connectivity index is 1.76. The lowest BCUT2D eigenvalue weighted by Crippen LogP contribution is -2.44. The number of hydrogen-bond acceptors (Lipinski definition) is 3. The molecule has 2 saturated heterocycles. The highest BCUT2D eigenvalue weighted by molar-refractivity contribution is 6.30. The molecule has 0 bridgehead atoms. The lowest BCUT2D eigenvalue weighted by atomic mass is 9.71. The molecule has 25 heavy (non-hydrogen) atoms. The van der Waals surface area contributed by atoms with E-state index < -0.39 is 0 Å². The summed E-state index contributed by atoms with van der Waals surface area (Å²) >= 11 is 6.02. The molecular weight excluding hydrogens is 340 g/mol. The molecule has 2 heterocycles. The van der Waals surface area contributed by atoms with Crippen molar-refractivity contribution in [3.05, 3.63) is 34.9 Å². The summed E-state index contributed by atoms with van der Waals surface area (Å²) in [6.07, 6.45) is 1.98. The van der Waals surface area contributed by atoms with Crippen LogP contribution in [0.3, 0.4) is 0 Å². The highest BCUT2D eigenvalue weighted by atomic mass is 35.5. The third-order valence-electron chi connectivity index (χ3n) is 5.47. The second-order valence-corrected chi connectivity index (χ2v) is 7.78. The summed E-state index contributed by atoms with van der Waals surface area (Å²) in [4.78, 5) is 29.0. The smallest absolute Gasteiger partial charge is 0.227 e. The van der Waals surface area contributed by atoms with Crippen molar-refractivity contribution in [1.29, 1.82) is 0 Å². The van der Waals surface area contributed by atoms with Crippen LogP contribution in [-0.4, -0.2) is 62.0 Å². The van der Waals surface area contributed by atoms with Crippen molar-refractivity contribution in [2.24, 2.45) is 11.3 Å². The minimum absolute atomic E-state index is 0.0576. The molecule has 0 aliphatic carbocycles. The van der Waals surface area contributed by atoms with Gasteiger partial charge in [-0.05, 0) is 30.5 Å². The summed E-state index contributed by atoms with van der Waals surface area (Å²) < 4.78 is 5.51. The number of likely N-dealkylation sites (tertiary alicyclic amines) is 1. The molecule has 1 aromatic rings. The predicted molar refractivity (Wildman–Crippen MR) is 96.4 cm³/mol. The number of nitrogens with zero attached hydrogens (tertiary/aromatic N) is 2. The van der Waals surface area contributed by atoms with Gasteiger partial charge in [-0.15, -0.1) is 0 Å². The zero-order valence-corrected chi connectivity index (χ0v) is 15.6. The summed E-state index contributed by atoms with van der Waals surface area (Å²) in [5.74, 6) is 0.0249. The van der Waals surface area contributed by atoms with Gasteiger partial charge in [0.25, 0.3) is 0 Å². The molecule has 0 aromatic heterocycles. The van der Waals surface area contributed by atoms with Crippen molar-refractivity contribution >= 4 is 23.4 Å². The normalized spacial score (nSPS) is 22.2. The van der Waals surface area contributed by atoms with Gasteiger partial charge in [0.1, 0.15) is 0 Å². The zero-order valence-electron chi connectivity index (χ0n) is 14.8. The van der Waals surface area contributed by atoms with Crippen LogP contribution in [-0.2, 0) is 20.7 Å². The van der Waals surface area contributed by atoms with Crippen LogP contribution in [0, 0.1) is 11.3 Å². The van der Waals surface area contributed by atoms with Crippen molar-refractivity contribution in [3.63, 3.8) is 0 Å². The number of ether oxygens (including phenoxy) is 1. The Morgan fingerprint density at radius 1 is 1.32 bits per heavy atom. The van der Waals surface area contributed by atoms with Crippen molar-refractivity contribution in [1.82, 2.24) is 9.80 Å². The molecule has 1 unspecified atom stereocenters. The first-order valence-electron chi connectivity index (χ1n) is 8.72. The van der Waals surface area contributed by atoms with E-state index in [0.717, 1.165) is 18.4 Å². The van der Waals surface area contributed by atoms with Crippen LogP contribution in [0.25, 0.3) is 0 Å². The number of halogens is 1. The van der Waals surface area contributed by atoms with Gasteiger partial charge >= 0.3 is 0 Å². The van der Waals surface area contributed by atoms with E-state index in [2.05, 4.69) is 0 Å². The fourth-order valence-electron chi connectivity index (χ4n) is 4.03. The van der Waals surface area contributed by atoms with E-state index in [-0.39, 0.29) is 23.1 Å². The number of rotatable bonds is 3. The molecule has 2 amide bonds. The average molecular weight is 365 g/mol. The maximum Gasteiger partial charge on any atom is 0.227 e. The summed E-state index contributed by atoms with van der Waals surface area (Å²) in [5, 5.41) is 0.633. The van der Waals surface area contributed by atoms with Crippen LogP contribution in [0.1, 0.15) is 18.4 Å². The van der Waals surface area contributed by atoms with Crippen molar-refractivity contribution in [2.45, 2.75) is 19.3 Å². The summed E-state index contributed by atoms with van der Waals surface area (Å²) in [6.45, 7) is 2.46. The maximum absolute atomic E-state index is 12.8. The first kappa shape index (κ1) is 18.2. The van der Waals surface area contributed by atoms with Gasteiger partial charge < -0.3 is 14.5 Å². The Morgan fingerprint density at radius 2 is 2.04 bits per heavy atom.